The van der Waals surface area contributed by atoms with Crippen LogP contribution in [0.3, 0.4) is 0 Å². The van der Waals surface area contributed by atoms with Crippen molar-refractivity contribution in [3.05, 3.63) is 108 Å². The van der Waals surface area contributed by atoms with Crippen molar-refractivity contribution in [2.45, 2.75) is 23.8 Å². The molecule has 0 saturated heterocycles. The fourth-order valence-corrected chi connectivity index (χ4v) is 6.09. The molecule has 1 unspecified atom stereocenters. The number of carboxylic acids is 1. The molecule has 0 fully saturated rings. The summed E-state index contributed by atoms with van der Waals surface area (Å²) >= 11 is 0. The van der Waals surface area contributed by atoms with Gasteiger partial charge in [0.15, 0.2) is 0 Å². The Kier molecular flexibility index (Phi) is 9.32. The molecule has 1 amide bonds. The molecule has 0 spiro atoms. The first-order valence-electron chi connectivity index (χ1n) is 14.0. The zero-order valence-electron chi connectivity index (χ0n) is 24.0. The summed E-state index contributed by atoms with van der Waals surface area (Å²) in [4.78, 5) is 29.4. The van der Waals surface area contributed by atoms with Crippen LogP contribution in [0.5, 0.6) is 0 Å². The van der Waals surface area contributed by atoms with Gasteiger partial charge in [0.05, 0.1) is 21.7 Å². The van der Waals surface area contributed by atoms with Crippen LogP contribution < -0.4 is 15.4 Å². The summed E-state index contributed by atoms with van der Waals surface area (Å²) in [6, 6.07) is 24.9. The molecule has 3 aromatic carbocycles. The second-order valence-corrected chi connectivity index (χ2v) is 11.8. The molecule has 2 heterocycles. The van der Waals surface area contributed by atoms with Gasteiger partial charge < -0.3 is 15.7 Å². The summed E-state index contributed by atoms with van der Waals surface area (Å²) in [6.07, 6.45) is 3.17. The van der Waals surface area contributed by atoms with Crippen molar-refractivity contribution < 1.29 is 23.1 Å². The Morgan fingerprint density at radius 3 is 2.34 bits per heavy atom. The van der Waals surface area contributed by atoms with E-state index in [2.05, 4.69) is 25.4 Å². The highest BCUT2D eigenvalue weighted by Crippen LogP contribution is 2.24. The van der Waals surface area contributed by atoms with Gasteiger partial charge >= 0.3 is 5.97 Å². The predicted molar refractivity (Wildman–Crippen MR) is 168 cm³/mol. The third kappa shape index (κ3) is 7.10. The molecular formula is C32H32N6O5S. The van der Waals surface area contributed by atoms with Gasteiger partial charge in [-0.1, -0.05) is 60.7 Å². The van der Waals surface area contributed by atoms with Crippen molar-refractivity contribution in [1.82, 2.24) is 24.8 Å². The molecule has 2 aromatic heterocycles. The zero-order chi connectivity index (χ0) is 31.1. The van der Waals surface area contributed by atoms with Crippen LogP contribution >= 0.6 is 0 Å². The minimum atomic E-state index is -4.19. The number of carbonyl (C=O) groups excluding carboxylic acids is 1. The number of fused-ring (bicyclic) bond motifs is 1. The Balaban J connectivity index is 1.23. The summed E-state index contributed by atoms with van der Waals surface area (Å²) in [5, 5.41) is 21.0. The molecule has 0 bridgehead atoms. The molecule has 0 aliphatic carbocycles. The number of para-hydroxylation sites is 1. The number of aliphatic carboxylic acids is 1. The van der Waals surface area contributed by atoms with E-state index >= 15 is 0 Å². The van der Waals surface area contributed by atoms with Crippen LogP contribution in [0.15, 0.2) is 102 Å². The third-order valence-electron chi connectivity index (χ3n) is 7.08. The lowest BCUT2D eigenvalue weighted by Gasteiger charge is -2.16. The highest BCUT2D eigenvalue weighted by atomic mass is 32.2. The molecule has 44 heavy (non-hydrogen) atoms. The molecule has 226 valence electrons. The van der Waals surface area contributed by atoms with Crippen LogP contribution in [-0.2, 0) is 28.3 Å². The SMILES string of the molecule is Cn1nc(CCCNc2ccccn2)c2cccc(C(=O)NCC(NS(=O)(=O)c3ccc(-c4ccccc4)cc3)C(=O)O)c21. The summed E-state index contributed by atoms with van der Waals surface area (Å²) in [6.45, 7) is 0.231. The Bertz CT molecular complexity index is 1860. The number of sulfonamides is 1. The van der Waals surface area contributed by atoms with Crippen LogP contribution in [0.25, 0.3) is 22.0 Å². The number of hydrogen-bond acceptors (Lipinski definition) is 7. The van der Waals surface area contributed by atoms with Crippen LogP contribution in [-0.4, -0.2) is 59.3 Å². The second kappa shape index (κ2) is 13.5. The van der Waals surface area contributed by atoms with Gasteiger partial charge in [-0.15, -0.1) is 0 Å². The predicted octanol–water partition coefficient (Wildman–Crippen LogP) is 3.84. The Morgan fingerprint density at radius 1 is 0.909 bits per heavy atom. The molecule has 0 aliphatic rings. The Labute approximate surface area is 255 Å². The van der Waals surface area contributed by atoms with Gasteiger partial charge in [0, 0.05) is 31.7 Å². The highest BCUT2D eigenvalue weighted by Gasteiger charge is 2.27. The van der Waals surface area contributed by atoms with E-state index in [1.54, 1.807) is 42.2 Å². The molecule has 4 N–H and O–H groups in total. The summed E-state index contributed by atoms with van der Waals surface area (Å²) < 4.78 is 29.9. The van der Waals surface area contributed by atoms with Crippen molar-refractivity contribution in [2.75, 3.05) is 18.4 Å². The van der Waals surface area contributed by atoms with E-state index in [0.717, 1.165) is 34.4 Å². The third-order valence-corrected chi connectivity index (χ3v) is 8.57. The van der Waals surface area contributed by atoms with E-state index in [-0.39, 0.29) is 4.90 Å². The standard InChI is InChI=1S/C32H32N6O5S/c1-38-30-25(27(36-38)13-8-20-34-29-14-5-6-19-33-29)11-7-12-26(30)31(39)35-21-28(32(40)41)37-44(42,43)24-17-15-23(16-18-24)22-9-3-2-4-10-22/h2-7,9-12,14-19,28,37H,8,13,20-21H2,1H3,(H,33,34)(H,35,39)(H,40,41). The van der Waals surface area contributed by atoms with Crippen molar-refractivity contribution in [2.24, 2.45) is 7.05 Å². The average Bonchev–Trinajstić information content (AvgIpc) is 3.37. The number of aromatic nitrogens is 3. The maximum absolute atomic E-state index is 13.2. The summed E-state index contributed by atoms with van der Waals surface area (Å²) in [7, 11) is -2.45. The van der Waals surface area contributed by atoms with Gasteiger partial charge in [0.25, 0.3) is 5.91 Å². The lowest BCUT2D eigenvalue weighted by molar-refractivity contribution is -0.138. The average molecular weight is 613 g/mol. The molecule has 1 atom stereocenters. The monoisotopic (exact) mass is 612 g/mol. The second-order valence-electron chi connectivity index (χ2n) is 10.1. The minimum absolute atomic E-state index is 0.0860. The maximum atomic E-state index is 13.2. The number of pyridine rings is 1. The highest BCUT2D eigenvalue weighted by molar-refractivity contribution is 7.89. The molecule has 5 aromatic rings. The van der Waals surface area contributed by atoms with E-state index in [1.807, 2.05) is 54.6 Å². The first kappa shape index (κ1) is 30.4. The largest absolute Gasteiger partial charge is 0.480 e. The first-order chi connectivity index (χ1) is 21.2. The Morgan fingerprint density at radius 2 is 1.64 bits per heavy atom. The number of anilines is 1. The number of benzene rings is 3. The fraction of sp³-hybridized carbons (Fsp3) is 0.188. The van der Waals surface area contributed by atoms with Gasteiger partial charge in [-0.2, -0.15) is 9.82 Å². The molecule has 11 nitrogen and oxygen atoms in total. The quantitative estimate of drug-likeness (QED) is 0.146. The maximum Gasteiger partial charge on any atom is 0.323 e. The van der Waals surface area contributed by atoms with E-state index in [1.165, 1.54) is 12.1 Å². The number of nitrogens with one attached hydrogen (secondary N) is 3. The number of amides is 1. The van der Waals surface area contributed by atoms with Crippen molar-refractivity contribution in [3.8, 4) is 11.1 Å². The normalized spacial score (nSPS) is 12.1. The smallest absolute Gasteiger partial charge is 0.323 e. The van der Waals surface area contributed by atoms with Gasteiger partial charge in [-0.3, -0.25) is 14.3 Å². The number of carboxylic acid groups (broad SMARTS) is 1. The lowest BCUT2D eigenvalue weighted by atomic mass is 10.1. The number of rotatable bonds is 13. The molecular weight excluding hydrogens is 580 g/mol. The first-order valence-corrected chi connectivity index (χ1v) is 15.5. The summed E-state index contributed by atoms with van der Waals surface area (Å²) in [5.74, 6) is -1.17. The van der Waals surface area contributed by atoms with Crippen LogP contribution in [0.1, 0.15) is 22.5 Å². The van der Waals surface area contributed by atoms with Crippen LogP contribution in [0, 0.1) is 0 Å². The fourth-order valence-electron chi connectivity index (χ4n) is 4.90. The van der Waals surface area contributed by atoms with E-state index in [9.17, 15) is 23.1 Å². The van der Waals surface area contributed by atoms with E-state index in [4.69, 9.17) is 0 Å². The van der Waals surface area contributed by atoms with Gasteiger partial charge in [-0.25, -0.2) is 13.4 Å². The van der Waals surface area contributed by atoms with Gasteiger partial charge in [-0.05, 0) is 54.3 Å². The van der Waals surface area contributed by atoms with Crippen LogP contribution in [0.4, 0.5) is 5.82 Å². The number of carbonyl (C=O) groups is 2. The van der Waals surface area contributed by atoms with Crippen molar-refractivity contribution in [1.29, 1.82) is 0 Å². The van der Waals surface area contributed by atoms with Crippen molar-refractivity contribution >= 4 is 38.6 Å². The molecule has 0 saturated carbocycles. The molecule has 5 rings (SSSR count). The van der Waals surface area contributed by atoms with Crippen molar-refractivity contribution in [3.63, 3.8) is 0 Å². The van der Waals surface area contributed by atoms with Gasteiger partial charge in [0.1, 0.15) is 11.9 Å². The van der Waals surface area contributed by atoms with Crippen LogP contribution in [0.2, 0.25) is 0 Å². The Hall–Kier alpha value is -5.07. The molecule has 12 heteroatoms. The zero-order valence-corrected chi connectivity index (χ0v) is 24.8. The lowest BCUT2D eigenvalue weighted by Crippen LogP contribution is -2.48. The minimum Gasteiger partial charge on any atom is -0.480 e. The van der Waals surface area contributed by atoms with E-state index < -0.39 is 34.5 Å². The number of nitrogens with zero attached hydrogens (tertiary/aromatic N) is 3. The van der Waals surface area contributed by atoms with E-state index in [0.29, 0.717) is 24.0 Å². The topological polar surface area (TPSA) is 155 Å². The van der Waals surface area contributed by atoms with Gasteiger partial charge in [0.2, 0.25) is 10.0 Å². The molecule has 0 aliphatic heterocycles. The molecule has 0 radical (unpaired) electrons. The number of aryl methyl sites for hydroxylation is 2. The summed E-state index contributed by atoms with van der Waals surface area (Å²) in [5.41, 5.74) is 3.47. The number of hydrogen-bond donors (Lipinski definition) is 4.